The molecule has 130 valence electrons. The molecule has 0 spiro atoms. The predicted octanol–water partition coefficient (Wildman–Crippen LogP) is 4.24. The fourth-order valence-corrected chi connectivity index (χ4v) is 3.44. The van der Waals surface area contributed by atoms with Crippen molar-refractivity contribution in [3.63, 3.8) is 0 Å². The normalized spacial score (nSPS) is 11.6. The lowest BCUT2D eigenvalue weighted by atomic mass is 9.98. The zero-order valence-corrected chi connectivity index (χ0v) is 15.9. The van der Waals surface area contributed by atoms with Crippen LogP contribution in [0.25, 0.3) is 5.69 Å². The van der Waals surface area contributed by atoms with Gasteiger partial charge in [-0.1, -0.05) is 32.4 Å². The Morgan fingerprint density at radius 3 is 2.68 bits per heavy atom. The van der Waals surface area contributed by atoms with Crippen LogP contribution < -0.4 is 5.32 Å². The predicted molar refractivity (Wildman–Crippen MR) is 99.9 cm³/mol. The minimum Gasteiger partial charge on any atom is -0.319 e. The Balaban J connectivity index is 1.94. The van der Waals surface area contributed by atoms with Gasteiger partial charge in [0.2, 0.25) is 0 Å². The average Bonchev–Trinajstić information content (AvgIpc) is 3.16. The molecular formula is C17H18ClN5OS. The Bertz CT molecular complexity index is 912. The molecule has 0 saturated carbocycles. The Morgan fingerprint density at radius 2 is 2.08 bits per heavy atom. The van der Waals surface area contributed by atoms with Crippen LogP contribution in [-0.4, -0.2) is 25.7 Å². The lowest BCUT2D eigenvalue weighted by Crippen LogP contribution is -2.14. The third-order valence-electron chi connectivity index (χ3n) is 3.52. The number of anilines is 1. The summed E-state index contributed by atoms with van der Waals surface area (Å²) < 4.78 is 1.58. The first kappa shape index (κ1) is 17.6. The van der Waals surface area contributed by atoms with Crippen molar-refractivity contribution in [1.29, 1.82) is 0 Å². The van der Waals surface area contributed by atoms with Gasteiger partial charge in [-0.15, -0.1) is 11.3 Å². The lowest BCUT2D eigenvalue weighted by Gasteiger charge is -2.13. The van der Waals surface area contributed by atoms with Crippen LogP contribution in [-0.2, 0) is 5.41 Å². The summed E-state index contributed by atoms with van der Waals surface area (Å²) in [7, 11) is 0. The smallest absolute Gasteiger partial charge is 0.267 e. The number of hydrogen-bond acceptors (Lipinski definition) is 5. The number of rotatable bonds is 3. The molecule has 1 aromatic carbocycles. The summed E-state index contributed by atoms with van der Waals surface area (Å²) in [4.78, 5) is 21.9. The van der Waals surface area contributed by atoms with Crippen molar-refractivity contribution in [2.24, 2.45) is 0 Å². The second kappa shape index (κ2) is 6.57. The molecule has 6 nitrogen and oxygen atoms in total. The molecule has 0 bridgehead atoms. The van der Waals surface area contributed by atoms with Crippen molar-refractivity contribution in [2.75, 3.05) is 5.32 Å². The van der Waals surface area contributed by atoms with E-state index < -0.39 is 0 Å². The zero-order chi connectivity index (χ0) is 18.2. The number of benzene rings is 1. The molecule has 0 aliphatic rings. The maximum Gasteiger partial charge on any atom is 0.267 e. The van der Waals surface area contributed by atoms with Gasteiger partial charge in [0.05, 0.1) is 22.1 Å². The molecular weight excluding hydrogens is 358 g/mol. The first-order valence-corrected chi connectivity index (χ1v) is 8.89. The van der Waals surface area contributed by atoms with Crippen molar-refractivity contribution >= 4 is 34.5 Å². The summed E-state index contributed by atoms with van der Waals surface area (Å²) in [6, 6.07) is 5.22. The third kappa shape index (κ3) is 3.72. The number of nitrogens with one attached hydrogen (secondary N) is 1. The van der Waals surface area contributed by atoms with Gasteiger partial charge >= 0.3 is 0 Å². The van der Waals surface area contributed by atoms with Gasteiger partial charge in [-0.3, -0.25) is 4.79 Å². The summed E-state index contributed by atoms with van der Waals surface area (Å²) in [5.74, 6) is -0.214. The van der Waals surface area contributed by atoms with E-state index in [4.69, 9.17) is 11.6 Å². The Labute approximate surface area is 154 Å². The molecule has 0 atom stereocenters. The standard InChI is InChI=1S/C17H18ClN5OS/c1-10-14(25-16(21-10)17(2,3)4)15(24)22-12-7-11(18)5-6-13(12)23-9-19-8-20-23/h5-9H,1-4H3,(H,22,24). The molecule has 0 unspecified atom stereocenters. The quantitative estimate of drug-likeness (QED) is 0.743. The fourth-order valence-electron chi connectivity index (χ4n) is 2.25. The molecule has 0 aliphatic carbocycles. The lowest BCUT2D eigenvalue weighted by molar-refractivity contribution is 0.103. The van der Waals surface area contributed by atoms with Crippen LogP contribution >= 0.6 is 22.9 Å². The van der Waals surface area contributed by atoms with Crippen LogP contribution in [0.4, 0.5) is 5.69 Å². The highest BCUT2D eigenvalue weighted by atomic mass is 35.5. The molecule has 0 radical (unpaired) electrons. The van der Waals surface area contributed by atoms with Gasteiger partial charge in [0.25, 0.3) is 5.91 Å². The zero-order valence-electron chi connectivity index (χ0n) is 14.4. The van der Waals surface area contributed by atoms with E-state index in [1.54, 1.807) is 29.2 Å². The SMILES string of the molecule is Cc1nc(C(C)(C)C)sc1C(=O)Nc1cc(Cl)ccc1-n1cncn1. The van der Waals surface area contributed by atoms with Gasteiger partial charge in [-0.25, -0.2) is 14.6 Å². The van der Waals surface area contributed by atoms with Crippen LogP contribution in [0.5, 0.6) is 0 Å². The van der Waals surface area contributed by atoms with Gasteiger partial charge in [0.15, 0.2) is 0 Å². The minimum absolute atomic E-state index is 0.101. The van der Waals surface area contributed by atoms with Crippen LogP contribution in [0.3, 0.4) is 0 Å². The minimum atomic E-state index is -0.214. The molecule has 2 aromatic heterocycles. The number of aromatic nitrogens is 4. The summed E-state index contributed by atoms with van der Waals surface area (Å²) in [6.07, 6.45) is 3.00. The largest absolute Gasteiger partial charge is 0.319 e. The average molecular weight is 376 g/mol. The van der Waals surface area contributed by atoms with E-state index in [0.717, 1.165) is 10.7 Å². The highest BCUT2D eigenvalue weighted by molar-refractivity contribution is 7.14. The van der Waals surface area contributed by atoms with E-state index >= 15 is 0 Å². The van der Waals surface area contributed by atoms with Gasteiger partial charge in [-0.2, -0.15) is 5.10 Å². The molecule has 0 saturated heterocycles. The highest BCUT2D eigenvalue weighted by Gasteiger charge is 2.23. The molecule has 2 heterocycles. The fraction of sp³-hybridized carbons (Fsp3) is 0.294. The number of aryl methyl sites for hydroxylation is 1. The topological polar surface area (TPSA) is 72.7 Å². The molecule has 0 fully saturated rings. The highest BCUT2D eigenvalue weighted by Crippen LogP contribution is 2.30. The molecule has 0 aliphatic heterocycles. The Kier molecular flexibility index (Phi) is 4.62. The van der Waals surface area contributed by atoms with Gasteiger partial charge in [0.1, 0.15) is 17.5 Å². The van der Waals surface area contributed by atoms with Crippen molar-refractivity contribution < 1.29 is 4.79 Å². The van der Waals surface area contributed by atoms with E-state index in [1.807, 2.05) is 6.92 Å². The number of amides is 1. The number of hydrogen-bond donors (Lipinski definition) is 1. The van der Waals surface area contributed by atoms with E-state index in [1.165, 1.54) is 17.7 Å². The first-order valence-electron chi connectivity index (χ1n) is 7.69. The van der Waals surface area contributed by atoms with E-state index in [-0.39, 0.29) is 11.3 Å². The van der Waals surface area contributed by atoms with Gasteiger partial charge < -0.3 is 5.32 Å². The van der Waals surface area contributed by atoms with Crippen LogP contribution in [0.1, 0.15) is 41.1 Å². The third-order valence-corrected chi connectivity index (χ3v) is 5.33. The van der Waals surface area contributed by atoms with E-state index in [9.17, 15) is 4.79 Å². The monoisotopic (exact) mass is 375 g/mol. The maximum absolute atomic E-state index is 12.8. The van der Waals surface area contributed by atoms with Crippen LogP contribution in [0.15, 0.2) is 30.9 Å². The van der Waals surface area contributed by atoms with Gasteiger partial charge in [0, 0.05) is 10.4 Å². The number of carbonyl (C=O) groups is 1. The Morgan fingerprint density at radius 1 is 1.32 bits per heavy atom. The number of thiazole rings is 1. The molecule has 1 amide bonds. The summed E-state index contributed by atoms with van der Waals surface area (Å²) >= 11 is 7.51. The Hall–Kier alpha value is -2.25. The number of carbonyl (C=O) groups excluding carboxylic acids is 1. The first-order chi connectivity index (χ1) is 11.8. The van der Waals surface area contributed by atoms with Crippen LogP contribution in [0, 0.1) is 6.92 Å². The molecule has 3 rings (SSSR count). The van der Waals surface area contributed by atoms with E-state index in [0.29, 0.717) is 21.3 Å². The second-order valence-electron chi connectivity index (χ2n) is 6.64. The summed E-state index contributed by atoms with van der Waals surface area (Å²) in [6.45, 7) is 8.07. The number of nitrogens with zero attached hydrogens (tertiary/aromatic N) is 4. The molecule has 25 heavy (non-hydrogen) atoms. The maximum atomic E-state index is 12.8. The molecule has 8 heteroatoms. The van der Waals surface area contributed by atoms with Crippen molar-refractivity contribution in [3.8, 4) is 5.69 Å². The molecule has 1 N–H and O–H groups in total. The molecule has 3 aromatic rings. The summed E-state index contributed by atoms with van der Waals surface area (Å²) in [5, 5.41) is 8.48. The second-order valence-corrected chi connectivity index (χ2v) is 8.07. The van der Waals surface area contributed by atoms with Crippen LogP contribution in [0.2, 0.25) is 5.02 Å². The van der Waals surface area contributed by atoms with Crippen molar-refractivity contribution in [1.82, 2.24) is 19.7 Å². The van der Waals surface area contributed by atoms with Crippen molar-refractivity contribution in [3.05, 3.63) is 51.5 Å². The van der Waals surface area contributed by atoms with Gasteiger partial charge in [-0.05, 0) is 25.1 Å². The van der Waals surface area contributed by atoms with E-state index in [2.05, 4.69) is 41.2 Å². The summed E-state index contributed by atoms with van der Waals surface area (Å²) in [5.41, 5.74) is 1.87. The number of halogens is 1. The van der Waals surface area contributed by atoms with Crippen molar-refractivity contribution in [2.45, 2.75) is 33.1 Å².